The van der Waals surface area contributed by atoms with Crippen molar-refractivity contribution in [2.24, 2.45) is 0 Å². The van der Waals surface area contributed by atoms with Gasteiger partial charge in [0, 0.05) is 24.8 Å². The van der Waals surface area contributed by atoms with Gasteiger partial charge in [-0.1, -0.05) is 13.0 Å². The lowest BCUT2D eigenvalue weighted by Gasteiger charge is -2.05. The van der Waals surface area contributed by atoms with Gasteiger partial charge in [-0.3, -0.25) is 14.6 Å². The number of pyridine rings is 1. The van der Waals surface area contributed by atoms with Crippen molar-refractivity contribution >= 4 is 11.8 Å². The Labute approximate surface area is 106 Å². The summed E-state index contributed by atoms with van der Waals surface area (Å²) in [7, 11) is 0. The van der Waals surface area contributed by atoms with E-state index in [2.05, 4.69) is 22.2 Å². The highest BCUT2D eigenvalue weighted by Crippen LogP contribution is 2.02. The zero-order valence-electron chi connectivity index (χ0n) is 10.4. The molecule has 96 valence electrons. The fourth-order valence-corrected chi connectivity index (χ4v) is 1.29. The van der Waals surface area contributed by atoms with Crippen LogP contribution in [0.5, 0.6) is 0 Å². The van der Waals surface area contributed by atoms with E-state index in [0.717, 1.165) is 6.42 Å². The van der Waals surface area contributed by atoms with Crippen molar-refractivity contribution in [3.8, 4) is 0 Å². The number of carbonyl (C=O) groups is 2. The normalized spacial score (nSPS) is 9.61. The van der Waals surface area contributed by atoms with Crippen LogP contribution in [0.3, 0.4) is 0 Å². The van der Waals surface area contributed by atoms with E-state index in [1.54, 1.807) is 12.1 Å². The van der Waals surface area contributed by atoms with E-state index in [1.165, 1.54) is 12.3 Å². The third-order valence-electron chi connectivity index (χ3n) is 2.20. The van der Waals surface area contributed by atoms with E-state index in [0.29, 0.717) is 18.7 Å². The maximum absolute atomic E-state index is 11.7. The van der Waals surface area contributed by atoms with Gasteiger partial charge in [0.05, 0.1) is 0 Å². The first-order valence-corrected chi connectivity index (χ1v) is 5.82. The summed E-state index contributed by atoms with van der Waals surface area (Å²) in [5.74, 6) is -0.517. The highest BCUT2D eigenvalue weighted by atomic mass is 16.2. The van der Waals surface area contributed by atoms with Crippen molar-refractivity contribution < 1.29 is 9.59 Å². The second-order valence-corrected chi connectivity index (χ2v) is 3.68. The summed E-state index contributed by atoms with van der Waals surface area (Å²) in [6.07, 6.45) is 3.89. The molecule has 0 aliphatic heterocycles. The van der Waals surface area contributed by atoms with Crippen LogP contribution in [0.1, 0.15) is 34.2 Å². The van der Waals surface area contributed by atoms with Gasteiger partial charge in [0.2, 0.25) is 0 Å². The average molecular weight is 247 g/mol. The summed E-state index contributed by atoms with van der Waals surface area (Å²) in [6, 6.07) is 3.04. The van der Waals surface area contributed by atoms with Gasteiger partial charge in [-0.2, -0.15) is 0 Å². The molecule has 1 aromatic heterocycles. The van der Waals surface area contributed by atoms with Crippen LogP contribution in [-0.4, -0.2) is 29.9 Å². The zero-order valence-corrected chi connectivity index (χ0v) is 10.4. The summed E-state index contributed by atoms with van der Waals surface area (Å²) >= 11 is 0. The highest BCUT2D eigenvalue weighted by Gasteiger charge is 2.10. The molecule has 2 amide bonds. The Bertz CT molecular complexity index is 444. The maximum Gasteiger partial charge on any atom is 0.269 e. The molecule has 0 aliphatic rings. The third-order valence-corrected chi connectivity index (χ3v) is 2.20. The monoisotopic (exact) mass is 247 g/mol. The molecule has 5 heteroatoms. The molecule has 0 unspecified atom stereocenters. The van der Waals surface area contributed by atoms with Crippen molar-refractivity contribution in [2.75, 3.05) is 13.1 Å². The average Bonchev–Trinajstić information content (AvgIpc) is 2.42. The molecular formula is C13H17N3O2. The number of hydrogen-bond donors (Lipinski definition) is 2. The number of amides is 2. The molecule has 0 fully saturated rings. The van der Waals surface area contributed by atoms with Gasteiger partial charge in [-0.25, -0.2) is 0 Å². The third kappa shape index (κ3) is 4.01. The van der Waals surface area contributed by atoms with Gasteiger partial charge in [-0.15, -0.1) is 6.58 Å². The van der Waals surface area contributed by atoms with Crippen LogP contribution in [-0.2, 0) is 0 Å². The Morgan fingerprint density at radius 2 is 2.17 bits per heavy atom. The quantitative estimate of drug-likeness (QED) is 0.740. The van der Waals surface area contributed by atoms with Crippen LogP contribution >= 0.6 is 0 Å². The minimum absolute atomic E-state index is 0.245. The second-order valence-electron chi connectivity index (χ2n) is 3.68. The molecule has 1 heterocycles. The molecule has 0 spiro atoms. The molecule has 5 nitrogen and oxygen atoms in total. The first-order valence-electron chi connectivity index (χ1n) is 5.82. The molecule has 0 saturated carbocycles. The standard InChI is InChI=1S/C13H17N3O2/c1-3-6-15-12(17)10-5-8-14-11(9-10)13(18)16-7-4-2/h3,5,8-9H,1,4,6-7H2,2H3,(H,15,17)(H,16,18). The van der Waals surface area contributed by atoms with Gasteiger partial charge in [0.1, 0.15) is 5.69 Å². The first-order chi connectivity index (χ1) is 8.69. The van der Waals surface area contributed by atoms with Crippen LogP contribution < -0.4 is 10.6 Å². The summed E-state index contributed by atoms with van der Waals surface area (Å²) < 4.78 is 0. The smallest absolute Gasteiger partial charge is 0.269 e. The van der Waals surface area contributed by atoms with Crippen molar-refractivity contribution in [2.45, 2.75) is 13.3 Å². The molecule has 0 atom stereocenters. The second kappa shape index (κ2) is 7.21. The van der Waals surface area contributed by atoms with E-state index in [9.17, 15) is 9.59 Å². The van der Waals surface area contributed by atoms with Gasteiger partial charge >= 0.3 is 0 Å². The van der Waals surface area contributed by atoms with Gasteiger partial charge in [0.15, 0.2) is 0 Å². The SMILES string of the molecule is C=CCNC(=O)c1ccnc(C(=O)NCCC)c1. The predicted molar refractivity (Wildman–Crippen MR) is 69.4 cm³/mol. The highest BCUT2D eigenvalue weighted by molar-refractivity contribution is 5.98. The Balaban J connectivity index is 2.75. The van der Waals surface area contributed by atoms with Crippen LogP contribution in [0.2, 0.25) is 0 Å². The van der Waals surface area contributed by atoms with Crippen molar-refractivity contribution in [1.29, 1.82) is 0 Å². The van der Waals surface area contributed by atoms with E-state index < -0.39 is 0 Å². The molecule has 0 aliphatic carbocycles. The minimum Gasteiger partial charge on any atom is -0.351 e. The lowest BCUT2D eigenvalue weighted by Crippen LogP contribution is -2.27. The number of aromatic nitrogens is 1. The van der Waals surface area contributed by atoms with Gasteiger partial charge < -0.3 is 10.6 Å². The fourth-order valence-electron chi connectivity index (χ4n) is 1.29. The molecule has 2 N–H and O–H groups in total. The molecule has 18 heavy (non-hydrogen) atoms. The van der Waals surface area contributed by atoms with Crippen LogP contribution in [0.25, 0.3) is 0 Å². The van der Waals surface area contributed by atoms with Crippen molar-refractivity contribution in [3.63, 3.8) is 0 Å². The summed E-state index contributed by atoms with van der Waals surface area (Å²) in [5, 5.41) is 5.35. The molecule has 0 saturated heterocycles. The lowest BCUT2D eigenvalue weighted by atomic mass is 10.2. The Morgan fingerprint density at radius 3 is 2.83 bits per heavy atom. The number of hydrogen-bond acceptors (Lipinski definition) is 3. The summed E-state index contributed by atoms with van der Waals surface area (Å²) in [5.41, 5.74) is 0.656. The molecule has 0 bridgehead atoms. The predicted octanol–water partition coefficient (Wildman–Crippen LogP) is 1.14. The van der Waals surface area contributed by atoms with Crippen molar-refractivity contribution in [1.82, 2.24) is 15.6 Å². The Morgan fingerprint density at radius 1 is 1.39 bits per heavy atom. The Hall–Kier alpha value is -2.17. The molecule has 0 aromatic carbocycles. The largest absolute Gasteiger partial charge is 0.351 e. The van der Waals surface area contributed by atoms with Crippen LogP contribution in [0.4, 0.5) is 0 Å². The van der Waals surface area contributed by atoms with Crippen molar-refractivity contribution in [3.05, 3.63) is 42.2 Å². The topological polar surface area (TPSA) is 71.1 Å². The van der Waals surface area contributed by atoms with E-state index in [-0.39, 0.29) is 17.5 Å². The summed E-state index contributed by atoms with van der Waals surface area (Å²) in [6.45, 7) is 6.46. The fraction of sp³-hybridized carbons (Fsp3) is 0.308. The molecule has 1 rings (SSSR count). The number of nitrogens with zero attached hydrogens (tertiary/aromatic N) is 1. The van der Waals surface area contributed by atoms with E-state index in [4.69, 9.17) is 0 Å². The molecular weight excluding hydrogens is 230 g/mol. The lowest BCUT2D eigenvalue weighted by molar-refractivity contribution is 0.0948. The minimum atomic E-state index is -0.268. The number of carbonyl (C=O) groups excluding carboxylic acids is 2. The first kappa shape index (κ1) is 13.9. The van der Waals surface area contributed by atoms with Crippen LogP contribution in [0, 0.1) is 0 Å². The summed E-state index contributed by atoms with van der Waals surface area (Å²) in [4.78, 5) is 27.3. The maximum atomic E-state index is 11.7. The van der Waals surface area contributed by atoms with Crippen LogP contribution in [0.15, 0.2) is 31.0 Å². The Kier molecular flexibility index (Phi) is 5.57. The molecule has 1 aromatic rings. The zero-order chi connectivity index (χ0) is 13.4. The van der Waals surface area contributed by atoms with Gasteiger partial charge in [0.25, 0.3) is 11.8 Å². The number of rotatable bonds is 6. The van der Waals surface area contributed by atoms with E-state index in [1.807, 2.05) is 6.92 Å². The van der Waals surface area contributed by atoms with Gasteiger partial charge in [-0.05, 0) is 18.6 Å². The van der Waals surface area contributed by atoms with E-state index >= 15 is 0 Å². The number of nitrogens with one attached hydrogen (secondary N) is 2. The molecule has 0 radical (unpaired) electrons.